The number of hydrogen-bond acceptors (Lipinski definition) is 4. The van der Waals surface area contributed by atoms with Crippen molar-refractivity contribution in [2.75, 3.05) is 39.4 Å². The van der Waals surface area contributed by atoms with Gasteiger partial charge in [-0.1, -0.05) is 30.3 Å². The number of aromatic amines is 1. The van der Waals surface area contributed by atoms with Gasteiger partial charge in [-0.3, -0.25) is 14.9 Å². The molecule has 0 bridgehead atoms. The number of rotatable bonds is 4. The summed E-state index contributed by atoms with van der Waals surface area (Å²) in [7, 11) is 0. The second-order valence-electron chi connectivity index (χ2n) is 6.46. The van der Waals surface area contributed by atoms with Crippen LogP contribution in [0, 0.1) is 0 Å². The lowest BCUT2D eigenvalue weighted by Gasteiger charge is -2.32. The van der Waals surface area contributed by atoms with Crippen LogP contribution in [0.3, 0.4) is 0 Å². The molecule has 2 aromatic rings. The first kappa shape index (κ1) is 14.9. The van der Waals surface area contributed by atoms with E-state index in [0.29, 0.717) is 6.04 Å². The number of hydrogen-bond donors (Lipinski definition) is 1. The molecule has 4 rings (SSSR count). The number of aromatic nitrogens is 2. The van der Waals surface area contributed by atoms with E-state index in [-0.39, 0.29) is 0 Å². The summed E-state index contributed by atoms with van der Waals surface area (Å²) < 4.78 is 5.47. The van der Waals surface area contributed by atoms with Gasteiger partial charge < -0.3 is 4.74 Å². The number of H-pyrrole nitrogens is 1. The number of morpholine rings is 1. The van der Waals surface area contributed by atoms with E-state index in [9.17, 15) is 0 Å². The Balaban J connectivity index is 1.41. The van der Waals surface area contributed by atoms with Gasteiger partial charge in [-0.15, -0.1) is 0 Å². The Kier molecular flexibility index (Phi) is 4.41. The van der Waals surface area contributed by atoms with Crippen LogP contribution < -0.4 is 0 Å². The number of ether oxygens (including phenoxy) is 1. The van der Waals surface area contributed by atoms with Gasteiger partial charge in [-0.25, -0.2) is 0 Å². The summed E-state index contributed by atoms with van der Waals surface area (Å²) in [5.74, 6) is 0. The summed E-state index contributed by atoms with van der Waals surface area (Å²) >= 11 is 0. The van der Waals surface area contributed by atoms with Gasteiger partial charge in [-0.2, -0.15) is 5.10 Å². The standard InChI is InChI=1S/C18H24N4O/c1-2-4-15(5-3-1)18-16(12-19-20-18)13-21-7-6-17(14-21)22-8-10-23-11-9-22/h1-5,12,17H,6-11,13-14H2,(H,19,20). The molecule has 2 aliphatic heterocycles. The van der Waals surface area contributed by atoms with Crippen LogP contribution in [0.1, 0.15) is 12.0 Å². The van der Waals surface area contributed by atoms with Crippen molar-refractivity contribution in [3.63, 3.8) is 0 Å². The molecule has 5 nitrogen and oxygen atoms in total. The molecule has 0 radical (unpaired) electrons. The lowest BCUT2D eigenvalue weighted by atomic mass is 10.1. The van der Waals surface area contributed by atoms with Crippen LogP contribution in [-0.2, 0) is 11.3 Å². The first-order chi connectivity index (χ1) is 11.4. The van der Waals surface area contributed by atoms with Crippen LogP contribution in [-0.4, -0.2) is 65.4 Å². The third-order valence-corrected chi connectivity index (χ3v) is 4.98. The summed E-state index contributed by atoms with van der Waals surface area (Å²) in [6, 6.07) is 11.2. The van der Waals surface area contributed by atoms with Crippen LogP contribution in [0.2, 0.25) is 0 Å². The molecule has 23 heavy (non-hydrogen) atoms. The number of benzene rings is 1. The van der Waals surface area contributed by atoms with E-state index in [4.69, 9.17) is 4.74 Å². The summed E-state index contributed by atoms with van der Waals surface area (Å²) in [5, 5.41) is 7.44. The molecule has 1 aromatic heterocycles. The van der Waals surface area contributed by atoms with Gasteiger partial charge in [0, 0.05) is 44.3 Å². The molecule has 3 heterocycles. The average molecular weight is 312 g/mol. The molecule has 1 atom stereocenters. The third kappa shape index (κ3) is 3.32. The van der Waals surface area contributed by atoms with Crippen molar-refractivity contribution in [1.29, 1.82) is 0 Å². The highest BCUT2D eigenvalue weighted by Crippen LogP contribution is 2.24. The van der Waals surface area contributed by atoms with Crippen LogP contribution >= 0.6 is 0 Å². The van der Waals surface area contributed by atoms with Crippen LogP contribution in [0.5, 0.6) is 0 Å². The van der Waals surface area contributed by atoms with Gasteiger partial charge in [0.25, 0.3) is 0 Å². The maximum absolute atomic E-state index is 5.47. The fraction of sp³-hybridized carbons (Fsp3) is 0.500. The maximum Gasteiger partial charge on any atom is 0.0695 e. The van der Waals surface area contributed by atoms with Crippen molar-refractivity contribution in [1.82, 2.24) is 20.0 Å². The Morgan fingerprint density at radius 3 is 2.78 bits per heavy atom. The molecule has 2 aliphatic rings. The second kappa shape index (κ2) is 6.83. The van der Waals surface area contributed by atoms with Crippen molar-refractivity contribution < 1.29 is 4.74 Å². The van der Waals surface area contributed by atoms with E-state index in [0.717, 1.165) is 45.1 Å². The lowest BCUT2D eigenvalue weighted by molar-refractivity contribution is 0.0184. The van der Waals surface area contributed by atoms with E-state index in [1.807, 2.05) is 12.3 Å². The highest BCUT2D eigenvalue weighted by atomic mass is 16.5. The van der Waals surface area contributed by atoms with Gasteiger partial charge in [0.2, 0.25) is 0 Å². The summed E-state index contributed by atoms with van der Waals surface area (Å²) in [6.45, 7) is 7.23. The highest BCUT2D eigenvalue weighted by Gasteiger charge is 2.29. The molecule has 0 saturated carbocycles. The molecule has 122 valence electrons. The zero-order chi connectivity index (χ0) is 15.5. The summed E-state index contributed by atoms with van der Waals surface area (Å²) in [5.41, 5.74) is 3.66. The summed E-state index contributed by atoms with van der Waals surface area (Å²) in [6.07, 6.45) is 3.24. The molecule has 5 heteroatoms. The molecule has 0 spiro atoms. The van der Waals surface area contributed by atoms with Crippen molar-refractivity contribution >= 4 is 0 Å². The van der Waals surface area contributed by atoms with E-state index in [1.54, 1.807) is 0 Å². The smallest absolute Gasteiger partial charge is 0.0695 e. The Bertz CT molecular complexity index is 621. The normalized spacial score (nSPS) is 23.4. The fourth-order valence-corrected chi connectivity index (χ4v) is 3.72. The predicted octanol–water partition coefficient (Wildman–Crippen LogP) is 1.98. The molecule has 0 amide bonds. The second-order valence-corrected chi connectivity index (χ2v) is 6.46. The zero-order valence-electron chi connectivity index (χ0n) is 13.4. The Hall–Kier alpha value is -1.69. The van der Waals surface area contributed by atoms with E-state index < -0.39 is 0 Å². The SMILES string of the molecule is c1ccc(-c2[nH]ncc2CN2CCC(N3CCOCC3)C2)cc1. The van der Waals surface area contributed by atoms with E-state index in [2.05, 4.69) is 44.3 Å². The molecule has 2 fully saturated rings. The maximum atomic E-state index is 5.47. The summed E-state index contributed by atoms with van der Waals surface area (Å²) in [4.78, 5) is 5.15. The average Bonchev–Trinajstić information content (AvgIpc) is 3.26. The first-order valence-corrected chi connectivity index (χ1v) is 8.52. The van der Waals surface area contributed by atoms with Crippen LogP contribution in [0.4, 0.5) is 0 Å². The molecule has 1 N–H and O–H groups in total. The zero-order valence-corrected chi connectivity index (χ0v) is 13.4. The molecule has 0 aliphatic carbocycles. The Morgan fingerprint density at radius 1 is 1.13 bits per heavy atom. The van der Waals surface area contributed by atoms with Crippen LogP contribution in [0.25, 0.3) is 11.3 Å². The monoisotopic (exact) mass is 312 g/mol. The minimum atomic E-state index is 0.686. The number of likely N-dealkylation sites (tertiary alicyclic amines) is 1. The van der Waals surface area contributed by atoms with Crippen molar-refractivity contribution in [3.8, 4) is 11.3 Å². The molecular weight excluding hydrogens is 288 g/mol. The van der Waals surface area contributed by atoms with Gasteiger partial charge in [0.1, 0.15) is 0 Å². The lowest BCUT2D eigenvalue weighted by Crippen LogP contribution is -2.44. The van der Waals surface area contributed by atoms with Crippen molar-refractivity contribution in [2.45, 2.75) is 19.0 Å². The predicted molar refractivity (Wildman–Crippen MR) is 90.1 cm³/mol. The number of nitrogens with zero attached hydrogens (tertiary/aromatic N) is 3. The Morgan fingerprint density at radius 2 is 1.96 bits per heavy atom. The quantitative estimate of drug-likeness (QED) is 0.938. The topological polar surface area (TPSA) is 44.4 Å². The molecule has 1 aromatic carbocycles. The van der Waals surface area contributed by atoms with Gasteiger partial charge in [0.15, 0.2) is 0 Å². The van der Waals surface area contributed by atoms with Crippen molar-refractivity contribution in [2.24, 2.45) is 0 Å². The minimum Gasteiger partial charge on any atom is -0.379 e. The van der Waals surface area contributed by atoms with Crippen molar-refractivity contribution in [3.05, 3.63) is 42.1 Å². The van der Waals surface area contributed by atoms with Gasteiger partial charge in [0.05, 0.1) is 25.1 Å². The highest BCUT2D eigenvalue weighted by molar-refractivity contribution is 5.62. The first-order valence-electron chi connectivity index (χ1n) is 8.52. The van der Waals surface area contributed by atoms with Crippen LogP contribution in [0.15, 0.2) is 36.5 Å². The number of nitrogens with one attached hydrogen (secondary N) is 1. The Labute approximate surface area is 137 Å². The van der Waals surface area contributed by atoms with Gasteiger partial charge >= 0.3 is 0 Å². The van der Waals surface area contributed by atoms with E-state index in [1.165, 1.54) is 24.1 Å². The van der Waals surface area contributed by atoms with Gasteiger partial charge in [-0.05, 0) is 12.0 Å². The molecular formula is C18H24N4O. The third-order valence-electron chi connectivity index (χ3n) is 4.98. The fourth-order valence-electron chi connectivity index (χ4n) is 3.72. The molecule has 1 unspecified atom stereocenters. The van der Waals surface area contributed by atoms with E-state index >= 15 is 0 Å². The molecule has 2 saturated heterocycles. The largest absolute Gasteiger partial charge is 0.379 e. The minimum absolute atomic E-state index is 0.686.